The molecule has 4 nitrogen and oxygen atoms in total. The molecule has 27 heavy (non-hydrogen) atoms. The average molecular weight is 372 g/mol. The van der Waals surface area contributed by atoms with E-state index in [1.807, 2.05) is 19.9 Å². The molecule has 6 heteroatoms. The van der Waals surface area contributed by atoms with Crippen LogP contribution in [-0.2, 0) is 6.54 Å². The number of benzene rings is 1. The second-order valence-corrected chi connectivity index (χ2v) is 8.24. The Hall–Kier alpha value is -2.08. The van der Waals surface area contributed by atoms with Crippen LogP contribution in [0.5, 0.6) is 0 Å². The van der Waals surface area contributed by atoms with Crippen molar-refractivity contribution >= 4 is 5.95 Å². The van der Waals surface area contributed by atoms with Gasteiger partial charge >= 0.3 is 0 Å². The fourth-order valence-electron chi connectivity index (χ4n) is 4.55. The first-order valence-corrected chi connectivity index (χ1v) is 9.66. The Bertz CT molecular complexity index is 803. The number of aromatic nitrogens is 2. The SMILES string of the molecule is Cc1cc(C)nc(NC2CC3(CCN(Cc4ccc(F)cc4F)CC3)C2)n1. The zero-order valence-electron chi connectivity index (χ0n) is 15.9. The summed E-state index contributed by atoms with van der Waals surface area (Å²) in [5, 5.41) is 3.47. The highest BCUT2D eigenvalue weighted by molar-refractivity contribution is 5.31. The minimum absolute atomic E-state index is 0.397. The predicted octanol–water partition coefficient (Wildman–Crippen LogP) is 4.23. The van der Waals surface area contributed by atoms with Crippen LogP contribution in [0.3, 0.4) is 0 Å². The van der Waals surface area contributed by atoms with Crippen molar-refractivity contribution in [1.82, 2.24) is 14.9 Å². The molecule has 0 bridgehead atoms. The van der Waals surface area contributed by atoms with E-state index >= 15 is 0 Å². The van der Waals surface area contributed by atoms with Gasteiger partial charge in [-0.25, -0.2) is 18.7 Å². The van der Waals surface area contributed by atoms with Gasteiger partial charge in [-0.3, -0.25) is 4.90 Å². The predicted molar refractivity (Wildman–Crippen MR) is 101 cm³/mol. The number of nitrogens with one attached hydrogen (secondary N) is 1. The van der Waals surface area contributed by atoms with E-state index in [0.29, 0.717) is 23.6 Å². The third-order valence-corrected chi connectivity index (χ3v) is 6.00. The van der Waals surface area contributed by atoms with Gasteiger partial charge in [-0.05, 0) is 70.2 Å². The van der Waals surface area contributed by atoms with Crippen LogP contribution in [0.25, 0.3) is 0 Å². The first kappa shape index (κ1) is 18.3. The van der Waals surface area contributed by atoms with Crippen LogP contribution in [0.1, 0.15) is 42.6 Å². The van der Waals surface area contributed by atoms with Crippen LogP contribution in [0.4, 0.5) is 14.7 Å². The molecule has 0 amide bonds. The molecule has 144 valence electrons. The molecule has 2 heterocycles. The quantitative estimate of drug-likeness (QED) is 0.872. The van der Waals surface area contributed by atoms with Crippen molar-refractivity contribution in [2.45, 2.75) is 52.1 Å². The van der Waals surface area contributed by atoms with Gasteiger partial charge in [-0.1, -0.05) is 6.07 Å². The number of halogens is 2. The first-order valence-electron chi connectivity index (χ1n) is 9.66. The fraction of sp³-hybridized carbons (Fsp3) is 0.524. The van der Waals surface area contributed by atoms with Crippen LogP contribution >= 0.6 is 0 Å². The number of piperidine rings is 1. The number of hydrogen-bond donors (Lipinski definition) is 1. The van der Waals surface area contributed by atoms with E-state index in [1.165, 1.54) is 6.07 Å². The minimum Gasteiger partial charge on any atom is -0.351 e. The molecule has 0 unspecified atom stereocenters. The van der Waals surface area contributed by atoms with Crippen LogP contribution in [0, 0.1) is 30.9 Å². The summed E-state index contributed by atoms with van der Waals surface area (Å²) in [6.45, 7) is 6.46. The van der Waals surface area contributed by atoms with Crippen molar-refractivity contribution in [2.24, 2.45) is 5.41 Å². The van der Waals surface area contributed by atoms with Gasteiger partial charge in [0.1, 0.15) is 11.6 Å². The maximum absolute atomic E-state index is 13.9. The van der Waals surface area contributed by atoms with Gasteiger partial charge in [0.25, 0.3) is 0 Å². The Morgan fingerprint density at radius 1 is 1.07 bits per heavy atom. The highest BCUT2D eigenvalue weighted by Gasteiger charge is 2.45. The molecule has 2 fully saturated rings. The molecule has 1 spiro atoms. The average Bonchev–Trinajstić information content (AvgIpc) is 2.57. The Morgan fingerprint density at radius 2 is 1.74 bits per heavy atom. The highest BCUT2D eigenvalue weighted by atomic mass is 19.1. The molecule has 1 aromatic carbocycles. The summed E-state index contributed by atoms with van der Waals surface area (Å²) >= 11 is 0. The standard InChI is InChI=1S/C21H26F2N4/c1-14-9-15(2)25-20(24-14)26-18-11-21(12-18)5-7-27(8-6-21)13-16-3-4-17(22)10-19(16)23/h3-4,9-10,18H,5-8,11-13H2,1-2H3,(H,24,25,26). The molecule has 2 aromatic rings. The zero-order chi connectivity index (χ0) is 19.0. The Labute approximate surface area is 159 Å². The van der Waals surface area contributed by atoms with Gasteiger partial charge < -0.3 is 5.32 Å². The molecule has 1 aromatic heterocycles. The summed E-state index contributed by atoms with van der Waals surface area (Å²) in [4.78, 5) is 11.2. The summed E-state index contributed by atoms with van der Waals surface area (Å²) < 4.78 is 26.9. The fourth-order valence-corrected chi connectivity index (χ4v) is 4.55. The lowest BCUT2D eigenvalue weighted by molar-refractivity contribution is 0.0205. The van der Waals surface area contributed by atoms with Gasteiger partial charge in [-0.15, -0.1) is 0 Å². The summed E-state index contributed by atoms with van der Waals surface area (Å²) in [7, 11) is 0. The van der Waals surface area contributed by atoms with Crippen LogP contribution in [-0.4, -0.2) is 34.0 Å². The summed E-state index contributed by atoms with van der Waals surface area (Å²) in [6.07, 6.45) is 4.54. The topological polar surface area (TPSA) is 41.1 Å². The normalized spacial score (nSPS) is 19.9. The summed E-state index contributed by atoms with van der Waals surface area (Å²) in [5.41, 5.74) is 2.95. The molecule has 1 aliphatic heterocycles. The molecule has 2 aliphatic rings. The van der Waals surface area contributed by atoms with Gasteiger partial charge in [0.05, 0.1) is 0 Å². The third-order valence-electron chi connectivity index (χ3n) is 6.00. The maximum Gasteiger partial charge on any atom is 0.223 e. The van der Waals surface area contributed by atoms with E-state index in [9.17, 15) is 8.78 Å². The van der Waals surface area contributed by atoms with E-state index in [1.54, 1.807) is 6.07 Å². The number of aryl methyl sites for hydroxylation is 2. The minimum atomic E-state index is -0.519. The number of nitrogens with zero attached hydrogens (tertiary/aromatic N) is 3. The van der Waals surface area contributed by atoms with Crippen LogP contribution in [0.2, 0.25) is 0 Å². The first-order chi connectivity index (χ1) is 12.9. The van der Waals surface area contributed by atoms with Crippen molar-refractivity contribution in [2.75, 3.05) is 18.4 Å². The molecule has 1 saturated carbocycles. The Balaban J connectivity index is 1.27. The number of likely N-dealkylation sites (tertiary alicyclic amines) is 1. The largest absolute Gasteiger partial charge is 0.351 e. The molecular formula is C21H26F2N4. The van der Waals surface area contributed by atoms with Gasteiger partial charge in [0.15, 0.2) is 0 Å². The molecule has 1 aliphatic carbocycles. The zero-order valence-corrected chi connectivity index (χ0v) is 15.9. The Kier molecular flexibility index (Phi) is 4.84. The van der Waals surface area contributed by atoms with Crippen molar-refractivity contribution in [3.63, 3.8) is 0 Å². The van der Waals surface area contributed by atoms with E-state index in [4.69, 9.17) is 0 Å². The van der Waals surface area contributed by atoms with Gasteiger partial charge in [-0.2, -0.15) is 0 Å². The lowest BCUT2D eigenvalue weighted by Crippen LogP contribution is -2.51. The van der Waals surface area contributed by atoms with E-state index in [2.05, 4.69) is 20.2 Å². The van der Waals surface area contributed by atoms with Crippen molar-refractivity contribution in [3.05, 3.63) is 52.9 Å². The van der Waals surface area contributed by atoms with Crippen molar-refractivity contribution < 1.29 is 8.78 Å². The second-order valence-electron chi connectivity index (χ2n) is 8.24. The van der Waals surface area contributed by atoms with Crippen LogP contribution in [0.15, 0.2) is 24.3 Å². The van der Waals surface area contributed by atoms with Crippen molar-refractivity contribution in [1.29, 1.82) is 0 Å². The number of rotatable bonds is 4. The summed E-state index contributed by atoms with van der Waals surface area (Å²) in [5.74, 6) is -0.233. The number of anilines is 1. The smallest absolute Gasteiger partial charge is 0.223 e. The molecule has 4 rings (SSSR count). The third kappa shape index (κ3) is 4.10. The van der Waals surface area contributed by atoms with Gasteiger partial charge in [0.2, 0.25) is 5.95 Å². The molecular weight excluding hydrogens is 346 g/mol. The summed E-state index contributed by atoms with van der Waals surface area (Å²) in [6, 6.07) is 6.28. The lowest BCUT2D eigenvalue weighted by Gasteiger charge is -2.52. The van der Waals surface area contributed by atoms with E-state index < -0.39 is 11.6 Å². The molecule has 1 saturated heterocycles. The number of hydrogen-bond acceptors (Lipinski definition) is 4. The lowest BCUT2D eigenvalue weighted by atomic mass is 9.60. The maximum atomic E-state index is 13.9. The highest BCUT2D eigenvalue weighted by Crippen LogP contribution is 2.50. The van der Waals surface area contributed by atoms with E-state index in [-0.39, 0.29) is 0 Å². The van der Waals surface area contributed by atoms with Crippen LogP contribution < -0.4 is 5.32 Å². The monoisotopic (exact) mass is 372 g/mol. The second kappa shape index (κ2) is 7.15. The van der Waals surface area contributed by atoms with E-state index in [0.717, 1.165) is 62.2 Å². The Morgan fingerprint density at radius 3 is 2.37 bits per heavy atom. The van der Waals surface area contributed by atoms with Gasteiger partial charge in [0, 0.05) is 35.6 Å². The van der Waals surface area contributed by atoms with Crippen molar-refractivity contribution in [3.8, 4) is 0 Å². The molecule has 0 radical (unpaired) electrons. The molecule has 1 N–H and O–H groups in total. The molecule has 0 atom stereocenters.